The van der Waals surface area contributed by atoms with Crippen LogP contribution in [-0.4, -0.2) is 6.04 Å². The molecule has 1 nitrogen and oxygen atoms in total. The van der Waals surface area contributed by atoms with Crippen LogP contribution in [0, 0.1) is 11.8 Å². The molecule has 0 aliphatic carbocycles. The molecule has 10 heavy (non-hydrogen) atoms. The topological polar surface area (TPSA) is 26.0 Å². The lowest BCUT2D eigenvalue weighted by atomic mass is 9.85. The van der Waals surface area contributed by atoms with E-state index in [1.807, 2.05) is 0 Å². The fourth-order valence-corrected chi connectivity index (χ4v) is 1.57. The highest BCUT2D eigenvalue weighted by atomic mass is 14.6. The Balaban J connectivity index is 3.80. The molecule has 0 aliphatic rings. The van der Waals surface area contributed by atoms with E-state index in [9.17, 15) is 0 Å². The van der Waals surface area contributed by atoms with E-state index in [1.165, 1.54) is 6.42 Å². The van der Waals surface area contributed by atoms with Crippen molar-refractivity contribution in [3.05, 3.63) is 0 Å². The molecule has 1 heteroatoms. The molecule has 2 atom stereocenters. The average molecular weight is 143 g/mol. The van der Waals surface area contributed by atoms with E-state index in [4.69, 9.17) is 5.73 Å². The molecule has 0 rings (SSSR count). The fourth-order valence-electron chi connectivity index (χ4n) is 1.57. The number of hydrogen-bond donors (Lipinski definition) is 1. The van der Waals surface area contributed by atoms with Gasteiger partial charge in [-0.05, 0) is 18.3 Å². The van der Waals surface area contributed by atoms with Gasteiger partial charge in [0, 0.05) is 6.04 Å². The van der Waals surface area contributed by atoms with Gasteiger partial charge in [0.2, 0.25) is 0 Å². The van der Waals surface area contributed by atoms with E-state index < -0.39 is 0 Å². The standard InChI is InChI=1S/C9H21N/c1-5-8(7(3)4)9(10)6-2/h7-9H,5-6,10H2,1-4H3. The van der Waals surface area contributed by atoms with Gasteiger partial charge >= 0.3 is 0 Å². The van der Waals surface area contributed by atoms with Crippen LogP contribution in [0.5, 0.6) is 0 Å². The monoisotopic (exact) mass is 143 g/mol. The van der Waals surface area contributed by atoms with Crippen molar-refractivity contribution in [3.63, 3.8) is 0 Å². The summed E-state index contributed by atoms with van der Waals surface area (Å²) in [6, 6.07) is 0.407. The van der Waals surface area contributed by atoms with E-state index in [2.05, 4.69) is 27.7 Å². The Kier molecular flexibility index (Phi) is 4.71. The molecule has 0 radical (unpaired) electrons. The number of nitrogens with two attached hydrogens (primary N) is 1. The van der Waals surface area contributed by atoms with E-state index in [0.29, 0.717) is 12.0 Å². The Labute approximate surface area is 65.0 Å². The van der Waals surface area contributed by atoms with Gasteiger partial charge in [0.25, 0.3) is 0 Å². The van der Waals surface area contributed by atoms with Gasteiger partial charge in [-0.25, -0.2) is 0 Å². The average Bonchev–Trinajstić information content (AvgIpc) is 1.88. The number of hydrogen-bond acceptors (Lipinski definition) is 1. The fraction of sp³-hybridized carbons (Fsp3) is 1.00. The molecular weight excluding hydrogens is 122 g/mol. The van der Waals surface area contributed by atoms with Crippen LogP contribution in [0.2, 0.25) is 0 Å². The van der Waals surface area contributed by atoms with E-state index in [1.54, 1.807) is 0 Å². The molecule has 0 aromatic rings. The van der Waals surface area contributed by atoms with Crippen molar-refractivity contribution in [1.82, 2.24) is 0 Å². The molecule has 0 saturated heterocycles. The van der Waals surface area contributed by atoms with E-state index >= 15 is 0 Å². The van der Waals surface area contributed by atoms with Crippen LogP contribution in [0.15, 0.2) is 0 Å². The van der Waals surface area contributed by atoms with E-state index in [0.717, 1.165) is 12.3 Å². The highest BCUT2D eigenvalue weighted by Gasteiger charge is 2.16. The SMILES string of the molecule is CCC(N)C(CC)C(C)C. The molecular formula is C9H21N. The predicted octanol–water partition coefficient (Wildman–Crippen LogP) is 2.41. The summed E-state index contributed by atoms with van der Waals surface area (Å²) in [5.41, 5.74) is 5.93. The Morgan fingerprint density at radius 3 is 1.70 bits per heavy atom. The van der Waals surface area contributed by atoms with Gasteiger partial charge < -0.3 is 5.73 Å². The van der Waals surface area contributed by atoms with Gasteiger partial charge in [0.05, 0.1) is 0 Å². The third kappa shape index (κ3) is 2.70. The summed E-state index contributed by atoms with van der Waals surface area (Å²) in [5.74, 6) is 1.45. The quantitative estimate of drug-likeness (QED) is 0.642. The summed E-state index contributed by atoms with van der Waals surface area (Å²) in [4.78, 5) is 0. The molecule has 0 amide bonds. The summed E-state index contributed by atoms with van der Waals surface area (Å²) >= 11 is 0. The van der Waals surface area contributed by atoms with Crippen molar-refractivity contribution in [2.45, 2.75) is 46.6 Å². The van der Waals surface area contributed by atoms with E-state index in [-0.39, 0.29) is 0 Å². The van der Waals surface area contributed by atoms with Crippen molar-refractivity contribution in [2.24, 2.45) is 17.6 Å². The summed E-state index contributed by atoms with van der Waals surface area (Å²) in [5, 5.41) is 0. The third-order valence-electron chi connectivity index (χ3n) is 2.35. The van der Waals surface area contributed by atoms with Crippen molar-refractivity contribution < 1.29 is 0 Å². The van der Waals surface area contributed by atoms with Gasteiger partial charge in [-0.3, -0.25) is 0 Å². The van der Waals surface area contributed by atoms with Crippen LogP contribution in [0.4, 0.5) is 0 Å². The Hall–Kier alpha value is -0.0400. The summed E-state index contributed by atoms with van der Waals surface area (Å²) in [7, 11) is 0. The zero-order valence-electron chi connectivity index (χ0n) is 7.72. The van der Waals surface area contributed by atoms with Crippen molar-refractivity contribution in [2.75, 3.05) is 0 Å². The van der Waals surface area contributed by atoms with Gasteiger partial charge in [0.1, 0.15) is 0 Å². The molecule has 0 bridgehead atoms. The minimum absolute atomic E-state index is 0.407. The first kappa shape index (κ1) is 9.96. The number of rotatable bonds is 4. The van der Waals surface area contributed by atoms with Crippen LogP contribution in [0.25, 0.3) is 0 Å². The first-order valence-corrected chi connectivity index (χ1v) is 4.39. The highest BCUT2D eigenvalue weighted by molar-refractivity contribution is 4.72. The van der Waals surface area contributed by atoms with Gasteiger partial charge in [0.15, 0.2) is 0 Å². The smallest absolute Gasteiger partial charge is 0.00668 e. The van der Waals surface area contributed by atoms with Gasteiger partial charge in [-0.15, -0.1) is 0 Å². The third-order valence-corrected chi connectivity index (χ3v) is 2.35. The maximum atomic E-state index is 5.93. The van der Waals surface area contributed by atoms with Crippen molar-refractivity contribution in [1.29, 1.82) is 0 Å². The first-order chi connectivity index (χ1) is 4.63. The molecule has 2 unspecified atom stereocenters. The molecule has 62 valence electrons. The molecule has 0 aromatic carbocycles. The lowest BCUT2D eigenvalue weighted by molar-refractivity contribution is 0.303. The lowest BCUT2D eigenvalue weighted by Crippen LogP contribution is -2.32. The van der Waals surface area contributed by atoms with Gasteiger partial charge in [-0.2, -0.15) is 0 Å². The van der Waals surface area contributed by atoms with Crippen molar-refractivity contribution >= 4 is 0 Å². The van der Waals surface area contributed by atoms with Gasteiger partial charge in [-0.1, -0.05) is 34.1 Å². The summed E-state index contributed by atoms with van der Waals surface area (Å²) < 4.78 is 0. The zero-order chi connectivity index (χ0) is 8.15. The molecule has 2 N–H and O–H groups in total. The maximum absolute atomic E-state index is 5.93. The predicted molar refractivity (Wildman–Crippen MR) is 46.9 cm³/mol. The van der Waals surface area contributed by atoms with Crippen LogP contribution >= 0.6 is 0 Å². The summed E-state index contributed by atoms with van der Waals surface area (Å²) in [6.07, 6.45) is 2.32. The van der Waals surface area contributed by atoms with Crippen LogP contribution in [0.3, 0.4) is 0 Å². The largest absolute Gasteiger partial charge is 0.327 e. The Morgan fingerprint density at radius 1 is 1.10 bits per heavy atom. The Morgan fingerprint density at radius 2 is 1.60 bits per heavy atom. The lowest BCUT2D eigenvalue weighted by Gasteiger charge is -2.24. The van der Waals surface area contributed by atoms with Crippen LogP contribution in [-0.2, 0) is 0 Å². The molecule has 0 fully saturated rings. The minimum Gasteiger partial charge on any atom is -0.327 e. The van der Waals surface area contributed by atoms with Crippen LogP contribution in [0.1, 0.15) is 40.5 Å². The van der Waals surface area contributed by atoms with Crippen molar-refractivity contribution in [3.8, 4) is 0 Å². The summed E-state index contributed by atoms with van der Waals surface area (Å²) in [6.45, 7) is 8.89. The molecule has 0 aromatic heterocycles. The normalized spacial score (nSPS) is 17.4. The highest BCUT2D eigenvalue weighted by Crippen LogP contribution is 2.19. The molecule has 0 heterocycles. The maximum Gasteiger partial charge on any atom is 0.00668 e. The Bertz CT molecular complexity index is 78.8. The second-order valence-corrected chi connectivity index (χ2v) is 3.39. The minimum atomic E-state index is 0.407. The molecule has 0 aliphatic heterocycles. The van der Waals surface area contributed by atoms with Crippen LogP contribution < -0.4 is 5.73 Å². The molecule has 0 spiro atoms. The first-order valence-electron chi connectivity index (χ1n) is 4.39. The molecule has 0 saturated carbocycles. The second-order valence-electron chi connectivity index (χ2n) is 3.39. The second kappa shape index (κ2) is 4.73. The zero-order valence-corrected chi connectivity index (χ0v) is 7.72.